The molecule has 0 aliphatic carbocycles. The Hall–Kier alpha value is -1.52. The van der Waals surface area contributed by atoms with Crippen molar-refractivity contribution < 1.29 is 18.3 Å². The van der Waals surface area contributed by atoms with Crippen LogP contribution in [0, 0.1) is 11.6 Å². The molecule has 76 valence electrons. The molecule has 0 aliphatic heterocycles. The largest absolute Gasteiger partial charge is 0.466 e. The molecule has 1 aromatic heterocycles. The first kappa shape index (κ1) is 10.6. The van der Waals surface area contributed by atoms with Gasteiger partial charge < -0.3 is 4.74 Å². The SMILES string of the molecule is CCOC(=O)Cc1cc(F)c(F)cn1. The molecule has 0 amide bonds. The van der Waals surface area contributed by atoms with Crippen LogP contribution in [0.25, 0.3) is 0 Å². The van der Waals surface area contributed by atoms with Crippen molar-refractivity contribution in [2.45, 2.75) is 13.3 Å². The van der Waals surface area contributed by atoms with Gasteiger partial charge in [-0.25, -0.2) is 8.78 Å². The molecule has 3 nitrogen and oxygen atoms in total. The van der Waals surface area contributed by atoms with Gasteiger partial charge in [-0.1, -0.05) is 0 Å². The molecular formula is C9H9F2NO2. The Bertz CT molecular complexity index is 342. The molecular weight excluding hydrogens is 192 g/mol. The van der Waals surface area contributed by atoms with E-state index in [4.69, 9.17) is 0 Å². The molecule has 0 bridgehead atoms. The fraction of sp³-hybridized carbons (Fsp3) is 0.333. The van der Waals surface area contributed by atoms with Gasteiger partial charge in [0.25, 0.3) is 0 Å². The van der Waals surface area contributed by atoms with Crippen molar-refractivity contribution in [2.75, 3.05) is 6.61 Å². The van der Waals surface area contributed by atoms with E-state index in [-0.39, 0.29) is 18.7 Å². The Kier molecular flexibility index (Phi) is 3.50. The molecule has 0 atom stereocenters. The van der Waals surface area contributed by atoms with E-state index in [0.29, 0.717) is 0 Å². The average Bonchev–Trinajstić information content (AvgIpc) is 2.12. The molecule has 1 rings (SSSR count). The molecule has 0 saturated heterocycles. The van der Waals surface area contributed by atoms with Gasteiger partial charge >= 0.3 is 5.97 Å². The fourth-order valence-electron chi connectivity index (χ4n) is 0.910. The lowest BCUT2D eigenvalue weighted by Crippen LogP contribution is -2.09. The summed E-state index contributed by atoms with van der Waals surface area (Å²) in [6, 6.07) is 0.881. The molecule has 1 aromatic rings. The van der Waals surface area contributed by atoms with Crippen LogP contribution >= 0.6 is 0 Å². The minimum Gasteiger partial charge on any atom is -0.466 e. The molecule has 14 heavy (non-hydrogen) atoms. The number of hydrogen-bond donors (Lipinski definition) is 0. The van der Waals surface area contributed by atoms with Crippen LogP contribution in [-0.4, -0.2) is 17.6 Å². The maximum absolute atomic E-state index is 12.6. The zero-order valence-corrected chi connectivity index (χ0v) is 7.59. The predicted molar refractivity (Wildman–Crippen MR) is 44.5 cm³/mol. The molecule has 0 unspecified atom stereocenters. The molecule has 0 fully saturated rings. The second kappa shape index (κ2) is 4.64. The monoisotopic (exact) mass is 201 g/mol. The maximum Gasteiger partial charge on any atom is 0.311 e. The summed E-state index contributed by atoms with van der Waals surface area (Å²) in [5.41, 5.74) is 0.155. The third-order valence-electron chi connectivity index (χ3n) is 1.50. The Labute approximate surface area is 79.7 Å². The third-order valence-corrected chi connectivity index (χ3v) is 1.50. The predicted octanol–water partition coefficient (Wildman–Crippen LogP) is 1.47. The van der Waals surface area contributed by atoms with Crippen LogP contribution in [0.2, 0.25) is 0 Å². The van der Waals surface area contributed by atoms with Crippen molar-refractivity contribution in [3.8, 4) is 0 Å². The van der Waals surface area contributed by atoms with Gasteiger partial charge in [0.1, 0.15) is 0 Å². The van der Waals surface area contributed by atoms with Crippen LogP contribution < -0.4 is 0 Å². The van der Waals surface area contributed by atoms with Gasteiger partial charge in [-0.2, -0.15) is 0 Å². The smallest absolute Gasteiger partial charge is 0.311 e. The van der Waals surface area contributed by atoms with E-state index in [1.165, 1.54) is 0 Å². The normalized spacial score (nSPS) is 9.93. The van der Waals surface area contributed by atoms with Gasteiger partial charge in [-0.3, -0.25) is 9.78 Å². The number of hydrogen-bond acceptors (Lipinski definition) is 3. The summed E-state index contributed by atoms with van der Waals surface area (Å²) >= 11 is 0. The number of carbonyl (C=O) groups excluding carboxylic acids is 1. The van der Waals surface area contributed by atoms with E-state index in [2.05, 4.69) is 9.72 Å². The molecule has 0 N–H and O–H groups in total. The molecule has 0 saturated carbocycles. The lowest BCUT2D eigenvalue weighted by molar-refractivity contribution is -0.142. The number of esters is 1. The Balaban J connectivity index is 2.68. The highest BCUT2D eigenvalue weighted by molar-refractivity contribution is 5.71. The maximum atomic E-state index is 12.6. The highest BCUT2D eigenvalue weighted by Crippen LogP contribution is 2.06. The zero-order chi connectivity index (χ0) is 10.6. The van der Waals surface area contributed by atoms with Crippen molar-refractivity contribution in [1.82, 2.24) is 4.98 Å². The van der Waals surface area contributed by atoms with Crippen LogP contribution in [-0.2, 0) is 16.0 Å². The summed E-state index contributed by atoms with van der Waals surface area (Å²) < 4.78 is 29.7. The van der Waals surface area contributed by atoms with E-state index < -0.39 is 17.6 Å². The Morgan fingerprint density at radius 3 is 2.79 bits per heavy atom. The van der Waals surface area contributed by atoms with E-state index in [9.17, 15) is 13.6 Å². The average molecular weight is 201 g/mol. The minimum atomic E-state index is -1.03. The van der Waals surface area contributed by atoms with Crippen LogP contribution in [0.4, 0.5) is 8.78 Å². The van der Waals surface area contributed by atoms with Crippen LogP contribution in [0.1, 0.15) is 12.6 Å². The third kappa shape index (κ3) is 2.76. The first-order valence-corrected chi connectivity index (χ1v) is 4.09. The van der Waals surface area contributed by atoms with E-state index >= 15 is 0 Å². The minimum absolute atomic E-state index is 0.148. The first-order chi connectivity index (χ1) is 6.63. The summed E-state index contributed by atoms with van der Waals surface area (Å²) in [5.74, 6) is -2.55. The summed E-state index contributed by atoms with van der Waals surface area (Å²) in [5, 5.41) is 0. The molecule has 0 aromatic carbocycles. The summed E-state index contributed by atoms with van der Waals surface area (Å²) in [4.78, 5) is 14.5. The molecule has 1 heterocycles. The molecule has 0 radical (unpaired) electrons. The van der Waals surface area contributed by atoms with Crippen LogP contribution in [0.15, 0.2) is 12.3 Å². The van der Waals surface area contributed by atoms with Crippen LogP contribution in [0.3, 0.4) is 0 Å². The highest BCUT2D eigenvalue weighted by atomic mass is 19.2. The topological polar surface area (TPSA) is 39.2 Å². The second-order valence-corrected chi connectivity index (χ2v) is 2.57. The van der Waals surface area contributed by atoms with Gasteiger partial charge in [0, 0.05) is 0 Å². The molecule has 5 heteroatoms. The van der Waals surface area contributed by atoms with Gasteiger partial charge in [0.05, 0.1) is 24.9 Å². The van der Waals surface area contributed by atoms with Gasteiger partial charge in [0.2, 0.25) is 0 Å². The number of aromatic nitrogens is 1. The number of carbonyl (C=O) groups is 1. The van der Waals surface area contributed by atoms with Crippen molar-refractivity contribution in [3.63, 3.8) is 0 Å². The van der Waals surface area contributed by atoms with Crippen molar-refractivity contribution >= 4 is 5.97 Å². The standard InChI is InChI=1S/C9H9F2NO2/c1-2-14-9(13)4-6-3-7(10)8(11)5-12-6/h3,5H,2,4H2,1H3. The fourth-order valence-corrected chi connectivity index (χ4v) is 0.910. The van der Waals surface area contributed by atoms with Crippen LogP contribution in [0.5, 0.6) is 0 Å². The lowest BCUT2D eigenvalue weighted by Gasteiger charge is -2.01. The lowest BCUT2D eigenvalue weighted by atomic mass is 10.2. The summed E-state index contributed by atoms with van der Waals surface area (Å²) in [7, 11) is 0. The second-order valence-electron chi connectivity index (χ2n) is 2.57. The van der Waals surface area contributed by atoms with E-state index in [1.54, 1.807) is 6.92 Å². The quantitative estimate of drug-likeness (QED) is 0.695. The van der Waals surface area contributed by atoms with Gasteiger partial charge in [-0.15, -0.1) is 0 Å². The number of halogens is 2. The van der Waals surface area contributed by atoms with E-state index in [1.807, 2.05) is 0 Å². The first-order valence-electron chi connectivity index (χ1n) is 4.09. The number of nitrogens with zero attached hydrogens (tertiary/aromatic N) is 1. The van der Waals surface area contributed by atoms with E-state index in [0.717, 1.165) is 12.3 Å². The van der Waals surface area contributed by atoms with Gasteiger partial charge in [-0.05, 0) is 13.0 Å². The molecule has 0 aliphatic rings. The van der Waals surface area contributed by atoms with Crippen molar-refractivity contribution in [1.29, 1.82) is 0 Å². The molecule has 0 spiro atoms. The van der Waals surface area contributed by atoms with Crippen molar-refractivity contribution in [2.24, 2.45) is 0 Å². The number of ether oxygens (including phenoxy) is 1. The summed E-state index contributed by atoms with van der Waals surface area (Å²) in [6.07, 6.45) is 0.592. The number of rotatable bonds is 3. The summed E-state index contributed by atoms with van der Waals surface area (Å²) in [6.45, 7) is 1.92. The Morgan fingerprint density at radius 2 is 2.21 bits per heavy atom. The van der Waals surface area contributed by atoms with Gasteiger partial charge in [0.15, 0.2) is 11.6 Å². The zero-order valence-electron chi connectivity index (χ0n) is 7.59. The number of pyridine rings is 1. The highest BCUT2D eigenvalue weighted by Gasteiger charge is 2.08. The van der Waals surface area contributed by atoms with Crippen molar-refractivity contribution in [3.05, 3.63) is 29.6 Å². The Morgan fingerprint density at radius 1 is 1.50 bits per heavy atom.